The Hall–Kier alpha value is -2.50. The molecule has 0 saturated carbocycles. The lowest BCUT2D eigenvalue weighted by molar-refractivity contribution is -0.137. The molecule has 6 heteroatoms. The molecule has 0 aliphatic carbocycles. The molecule has 6 nitrogen and oxygen atoms in total. The average Bonchev–Trinajstić information content (AvgIpc) is 2.64. The minimum atomic E-state index is -0.771. The molecule has 0 aliphatic rings. The molecule has 2 rings (SSSR count). The molecular weight excluding hydrogens is 340 g/mol. The molecule has 2 N–H and O–H groups in total. The van der Waals surface area contributed by atoms with E-state index in [0.29, 0.717) is 5.82 Å². The fraction of sp³-hybridized carbons (Fsp3) is 0.524. The number of carboxylic acid groups (broad SMARTS) is 1. The van der Waals surface area contributed by atoms with Gasteiger partial charge in [-0.2, -0.15) is 0 Å². The number of anilines is 1. The maximum absolute atomic E-state index is 11.2. The normalized spacial score (nSPS) is 11.9. The van der Waals surface area contributed by atoms with Crippen molar-refractivity contribution in [3.05, 3.63) is 47.7 Å². The Morgan fingerprint density at radius 3 is 2.59 bits per heavy atom. The van der Waals surface area contributed by atoms with E-state index < -0.39 is 5.97 Å². The van der Waals surface area contributed by atoms with Gasteiger partial charge in [0.05, 0.1) is 6.42 Å². The van der Waals surface area contributed by atoms with Crippen LogP contribution < -0.4 is 5.32 Å². The molecule has 2 aromatic rings. The molecule has 0 bridgehead atoms. The largest absolute Gasteiger partial charge is 0.481 e. The van der Waals surface area contributed by atoms with Crippen LogP contribution in [0.4, 0.5) is 5.82 Å². The predicted octanol–water partition coefficient (Wildman–Crippen LogP) is 4.36. The van der Waals surface area contributed by atoms with Crippen molar-refractivity contribution in [3.8, 4) is 0 Å². The van der Waals surface area contributed by atoms with Gasteiger partial charge in [0.1, 0.15) is 11.6 Å². The molecule has 0 radical (unpaired) electrons. The molecule has 0 unspecified atom stereocenters. The number of rotatable bonds is 12. The fourth-order valence-corrected chi connectivity index (χ4v) is 3.16. The van der Waals surface area contributed by atoms with Gasteiger partial charge in [0.25, 0.3) is 0 Å². The van der Waals surface area contributed by atoms with Gasteiger partial charge >= 0.3 is 5.97 Å². The van der Waals surface area contributed by atoms with Gasteiger partial charge in [0.15, 0.2) is 0 Å². The van der Waals surface area contributed by atoms with Crippen LogP contribution in [-0.4, -0.2) is 32.6 Å². The van der Waals surface area contributed by atoms with E-state index in [0.717, 1.165) is 62.1 Å². The number of aryl methyl sites for hydroxylation is 2. The van der Waals surface area contributed by atoms with Crippen molar-refractivity contribution in [2.45, 2.75) is 64.7 Å². The first-order chi connectivity index (χ1) is 13.1. The monoisotopic (exact) mass is 370 g/mol. The minimum absolute atomic E-state index is 0.0124. The summed E-state index contributed by atoms with van der Waals surface area (Å²) in [6.07, 6.45) is 9.81. The molecule has 2 aromatic heterocycles. The lowest BCUT2D eigenvalue weighted by atomic mass is 9.92. The summed E-state index contributed by atoms with van der Waals surface area (Å²) in [5, 5.41) is 12.4. The van der Waals surface area contributed by atoms with Crippen molar-refractivity contribution in [2.24, 2.45) is 0 Å². The number of carbonyl (C=O) groups is 1. The molecule has 146 valence electrons. The van der Waals surface area contributed by atoms with E-state index in [-0.39, 0.29) is 12.3 Å². The molecule has 0 amide bonds. The Kier molecular flexibility index (Phi) is 8.68. The van der Waals surface area contributed by atoms with Crippen molar-refractivity contribution in [1.29, 1.82) is 0 Å². The first-order valence-corrected chi connectivity index (χ1v) is 9.78. The molecule has 0 aliphatic heterocycles. The van der Waals surface area contributed by atoms with Gasteiger partial charge in [-0.25, -0.2) is 15.0 Å². The highest BCUT2D eigenvalue weighted by atomic mass is 16.4. The summed E-state index contributed by atoms with van der Waals surface area (Å²) in [5.41, 5.74) is 2.04. The minimum Gasteiger partial charge on any atom is -0.481 e. The Balaban J connectivity index is 1.72. The summed E-state index contributed by atoms with van der Waals surface area (Å²) in [4.78, 5) is 24.2. The zero-order valence-corrected chi connectivity index (χ0v) is 16.3. The van der Waals surface area contributed by atoms with Gasteiger partial charge in [-0.05, 0) is 56.7 Å². The maximum atomic E-state index is 11.2. The van der Waals surface area contributed by atoms with Crippen LogP contribution in [0.15, 0.2) is 30.6 Å². The zero-order valence-electron chi connectivity index (χ0n) is 16.3. The average molecular weight is 370 g/mol. The first-order valence-electron chi connectivity index (χ1n) is 9.78. The van der Waals surface area contributed by atoms with Crippen LogP contribution in [0.1, 0.15) is 68.4 Å². The number of carboxylic acids is 1. The Bertz CT molecular complexity index is 704. The van der Waals surface area contributed by atoms with Gasteiger partial charge < -0.3 is 10.4 Å². The third kappa shape index (κ3) is 7.72. The van der Waals surface area contributed by atoms with Crippen LogP contribution >= 0.6 is 0 Å². The fourth-order valence-electron chi connectivity index (χ4n) is 3.16. The van der Waals surface area contributed by atoms with Crippen LogP contribution in [0.3, 0.4) is 0 Å². The Labute approximate surface area is 161 Å². The van der Waals surface area contributed by atoms with Crippen LogP contribution in [0, 0.1) is 6.92 Å². The number of nitrogens with one attached hydrogen (secondary N) is 1. The number of hydrogen-bond donors (Lipinski definition) is 2. The zero-order chi connectivity index (χ0) is 19.5. The van der Waals surface area contributed by atoms with E-state index in [2.05, 4.69) is 33.3 Å². The third-order valence-electron chi connectivity index (χ3n) is 4.59. The van der Waals surface area contributed by atoms with E-state index in [9.17, 15) is 9.90 Å². The standard InChI is InChI=1S/C21H30N4O2/c1-3-22-20-12-8-11-19(25-20)10-7-5-4-6-9-17(13-21(26)27)18-14-23-16(2)24-15-18/h8,11-12,14-15,17H,3-7,9-10,13H2,1-2H3,(H,22,25)(H,26,27)/t17-/m1/s1. The summed E-state index contributed by atoms with van der Waals surface area (Å²) in [6.45, 7) is 4.77. The summed E-state index contributed by atoms with van der Waals surface area (Å²) < 4.78 is 0. The second-order valence-corrected chi connectivity index (χ2v) is 6.86. The van der Waals surface area contributed by atoms with Crippen molar-refractivity contribution < 1.29 is 9.90 Å². The third-order valence-corrected chi connectivity index (χ3v) is 4.59. The van der Waals surface area contributed by atoms with E-state index in [1.165, 1.54) is 0 Å². The first kappa shape index (κ1) is 20.8. The van der Waals surface area contributed by atoms with Crippen LogP contribution in [-0.2, 0) is 11.2 Å². The van der Waals surface area contributed by atoms with Crippen molar-refractivity contribution in [1.82, 2.24) is 15.0 Å². The van der Waals surface area contributed by atoms with Gasteiger partial charge in [-0.15, -0.1) is 0 Å². The highest BCUT2D eigenvalue weighted by molar-refractivity contribution is 5.68. The summed E-state index contributed by atoms with van der Waals surface area (Å²) in [5.74, 6) is 0.861. The van der Waals surface area contributed by atoms with E-state index in [1.807, 2.05) is 19.1 Å². The number of aromatic nitrogens is 3. The molecule has 0 spiro atoms. The molecule has 0 fully saturated rings. The molecule has 2 heterocycles. The SMILES string of the molecule is CCNc1cccc(CCCCCC[C@H](CC(=O)O)c2cnc(C)nc2)n1. The number of nitrogens with zero attached hydrogens (tertiary/aromatic N) is 3. The number of pyridine rings is 1. The molecule has 0 aromatic carbocycles. The molecule has 1 atom stereocenters. The number of aliphatic carboxylic acids is 1. The van der Waals surface area contributed by atoms with Crippen molar-refractivity contribution in [2.75, 3.05) is 11.9 Å². The molecule has 27 heavy (non-hydrogen) atoms. The van der Waals surface area contributed by atoms with Gasteiger partial charge in [0.2, 0.25) is 0 Å². The second kappa shape index (κ2) is 11.3. The van der Waals surface area contributed by atoms with Gasteiger partial charge in [-0.1, -0.05) is 25.3 Å². The van der Waals surface area contributed by atoms with Crippen LogP contribution in [0.25, 0.3) is 0 Å². The smallest absolute Gasteiger partial charge is 0.303 e. The van der Waals surface area contributed by atoms with Crippen LogP contribution in [0.5, 0.6) is 0 Å². The lowest BCUT2D eigenvalue weighted by Gasteiger charge is -2.14. The quantitative estimate of drug-likeness (QED) is 0.540. The highest BCUT2D eigenvalue weighted by Crippen LogP contribution is 2.25. The summed E-state index contributed by atoms with van der Waals surface area (Å²) in [7, 11) is 0. The number of hydrogen-bond acceptors (Lipinski definition) is 5. The Morgan fingerprint density at radius 1 is 1.15 bits per heavy atom. The van der Waals surface area contributed by atoms with E-state index >= 15 is 0 Å². The van der Waals surface area contributed by atoms with E-state index in [4.69, 9.17) is 0 Å². The van der Waals surface area contributed by atoms with Crippen molar-refractivity contribution >= 4 is 11.8 Å². The maximum Gasteiger partial charge on any atom is 0.303 e. The highest BCUT2D eigenvalue weighted by Gasteiger charge is 2.16. The number of unbranched alkanes of at least 4 members (excludes halogenated alkanes) is 3. The van der Waals surface area contributed by atoms with Gasteiger partial charge in [-0.3, -0.25) is 4.79 Å². The topological polar surface area (TPSA) is 88.0 Å². The van der Waals surface area contributed by atoms with Gasteiger partial charge in [0, 0.05) is 24.6 Å². The van der Waals surface area contributed by atoms with E-state index in [1.54, 1.807) is 12.4 Å². The molecule has 0 saturated heterocycles. The summed E-state index contributed by atoms with van der Waals surface area (Å²) in [6, 6.07) is 6.10. The summed E-state index contributed by atoms with van der Waals surface area (Å²) >= 11 is 0. The predicted molar refractivity (Wildman–Crippen MR) is 107 cm³/mol. The second-order valence-electron chi connectivity index (χ2n) is 6.86. The Morgan fingerprint density at radius 2 is 1.89 bits per heavy atom. The lowest BCUT2D eigenvalue weighted by Crippen LogP contribution is -2.08. The van der Waals surface area contributed by atoms with Crippen molar-refractivity contribution in [3.63, 3.8) is 0 Å². The van der Waals surface area contributed by atoms with Crippen LogP contribution in [0.2, 0.25) is 0 Å². The molecular formula is C21H30N4O2.